The van der Waals surface area contributed by atoms with Crippen LogP contribution in [0.2, 0.25) is 0 Å². The van der Waals surface area contributed by atoms with Gasteiger partial charge in [0, 0.05) is 11.7 Å². The average Bonchev–Trinajstić information content (AvgIpc) is 2.49. The molecule has 0 bridgehead atoms. The highest BCUT2D eigenvalue weighted by Gasteiger charge is 2.05. The lowest BCUT2D eigenvalue weighted by Crippen LogP contribution is -2.34. The van der Waals surface area contributed by atoms with Crippen LogP contribution in [0.4, 0.5) is 22.0 Å². The number of carbonyl (C=O) groups excluding carboxylic acids is 1. The number of para-hydroxylation sites is 1. The molecule has 116 valence electrons. The standard InChI is InChI=1S/C17H22N4O/c1-4-13-7-5-6-8-15(13)20-14-9-10-16(18-11-14)21-17(22)19-12(2)3/h5-12,20H,4H2,1-3H3,(H2,18,19,21,22). The highest BCUT2D eigenvalue weighted by Crippen LogP contribution is 2.21. The average molecular weight is 298 g/mol. The number of rotatable bonds is 5. The highest BCUT2D eigenvalue weighted by atomic mass is 16.2. The van der Waals surface area contributed by atoms with Gasteiger partial charge in [0.15, 0.2) is 0 Å². The molecule has 0 unspecified atom stereocenters. The second-order valence-corrected chi connectivity index (χ2v) is 5.32. The van der Waals surface area contributed by atoms with E-state index < -0.39 is 0 Å². The van der Waals surface area contributed by atoms with Crippen LogP contribution in [-0.2, 0) is 6.42 Å². The predicted molar refractivity (Wildman–Crippen MR) is 90.6 cm³/mol. The number of carbonyl (C=O) groups is 1. The van der Waals surface area contributed by atoms with Crippen molar-refractivity contribution in [3.8, 4) is 0 Å². The molecule has 0 aliphatic rings. The van der Waals surface area contributed by atoms with Gasteiger partial charge in [-0.05, 0) is 44.0 Å². The third-order valence-corrected chi connectivity index (χ3v) is 3.10. The van der Waals surface area contributed by atoms with E-state index >= 15 is 0 Å². The monoisotopic (exact) mass is 298 g/mol. The second-order valence-electron chi connectivity index (χ2n) is 5.32. The first-order valence-electron chi connectivity index (χ1n) is 7.47. The zero-order valence-electron chi connectivity index (χ0n) is 13.2. The summed E-state index contributed by atoms with van der Waals surface area (Å²) < 4.78 is 0. The molecule has 1 heterocycles. The van der Waals surface area contributed by atoms with Gasteiger partial charge < -0.3 is 10.6 Å². The Morgan fingerprint density at radius 2 is 1.95 bits per heavy atom. The van der Waals surface area contributed by atoms with Gasteiger partial charge in [-0.15, -0.1) is 0 Å². The fraction of sp³-hybridized carbons (Fsp3) is 0.294. The van der Waals surface area contributed by atoms with E-state index in [4.69, 9.17) is 0 Å². The topological polar surface area (TPSA) is 66.0 Å². The third kappa shape index (κ3) is 4.48. The molecule has 5 heteroatoms. The maximum absolute atomic E-state index is 11.6. The molecule has 0 fully saturated rings. The predicted octanol–water partition coefficient (Wildman–Crippen LogP) is 3.92. The van der Waals surface area contributed by atoms with Crippen molar-refractivity contribution in [1.29, 1.82) is 0 Å². The Labute approximate surface area is 131 Å². The summed E-state index contributed by atoms with van der Waals surface area (Å²) in [4.78, 5) is 15.8. The molecule has 0 aliphatic heterocycles. The van der Waals surface area contributed by atoms with Crippen LogP contribution in [-0.4, -0.2) is 17.1 Å². The van der Waals surface area contributed by atoms with Crippen LogP contribution >= 0.6 is 0 Å². The summed E-state index contributed by atoms with van der Waals surface area (Å²) >= 11 is 0. The van der Waals surface area contributed by atoms with Crippen LogP contribution in [0.15, 0.2) is 42.6 Å². The van der Waals surface area contributed by atoms with E-state index in [0.717, 1.165) is 17.8 Å². The van der Waals surface area contributed by atoms with E-state index in [-0.39, 0.29) is 12.1 Å². The summed E-state index contributed by atoms with van der Waals surface area (Å²) in [6.07, 6.45) is 2.67. The molecule has 2 amide bonds. The van der Waals surface area contributed by atoms with Gasteiger partial charge in [-0.1, -0.05) is 25.1 Å². The zero-order valence-corrected chi connectivity index (χ0v) is 13.2. The lowest BCUT2D eigenvalue weighted by molar-refractivity contribution is 0.250. The summed E-state index contributed by atoms with van der Waals surface area (Å²) in [5, 5.41) is 8.80. The Hall–Kier alpha value is -2.56. The number of amides is 2. The van der Waals surface area contributed by atoms with E-state index in [9.17, 15) is 4.79 Å². The first kappa shape index (κ1) is 15.8. The van der Waals surface area contributed by atoms with Gasteiger partial charge >= 0.3 is 6.03 Å². The Bertz CT molecular complexity index is 623. The quantitative estimate of drug-likeness (QED) is 0.784. The maximum Gasteiger partial charge on any atom is 0.320 e. The summed E-state index contributed by atoms with van der Waals surface area (Å²) in [6, 6.07) is 11.7. The van der Waals surface area contributed by atoms with Gasteiger partial charge in [0.2, 0.25) is 0 Å². The van der Waals surface area contributed by atoms with Crippen molar-refractivity contribution in [3.63, 3.8) is 0 Å². The van der Waals surface area contributed by atoms with Gasteiger partial charge in [-0.3, -0.25) is 5.32 Å². The molecule has 0 atom stereocenters. The Morgan fingerprint density at radius 3 is 2.59 bits per heavy atom. The molecule has 0 spiro atoms. The van der Waals surface area contributed by atoms with Crippen molar-refractivity contribution in [2.45, 2.75) is 33.2 Å². The Morgan fingerprint density at radius 1 is 1.18 bits per heavy atom. The lowest BCUT2D eigenvalue weighted by Gasteiger charge is -2.12. The van der Waals surface area contributed by atoms with Gasteiger partial charge in [0.05, 0.1) is 11.9 Å². The normalized spacial score (nSPS) is 10.4. The molecular formula is C17H22N4O. The molecule has 5 nitrogen and oxygen atoms in total. The fourth-order valence-corrected chi connectivity index (χ4v) is 2.06. The van der Waals surface area contributed by atoms with Crippen molar-refractivity contribution < 1.29 is 4.79 Å². The minimum atomic E-state index is -0.250. The van der Waals surface area contributed by atoms with Crippen LogP contribution in [0.25, 0.3) is 0 Å². The zero-order chi connectivity index (χ0) is 15.9. The van der Waals surface area contributed by atoms with Crippen molar-refractivity contribution in [2.75, 3.05) is 10.6 Å². The van der Waals surface area contributed by atoms with E-state index in [1.807, 2.05) is 38.1 Å². The number of urea groups is 1. The minimum absolute atomic E-state index is 0.0893. The summed E-state index contributed by atoms with van der Waals surface area (Å²) in [5.74, 6) is 0.521. The van der Waals surface area contributed by atoms with Crippen molar-refractivity contribution in [1.82, 2.24) is 10.3 Å². The van der Waals surface area contributed by atoms with Crippen molar-refractivity contribution in [2.24, 2.45) is 0 Å². The first-order chi connectivity index (χ1) is 10.6. The van der Waals surface area contributed by atoms with Gasteiger partial charge in [0.25, 0.3) is 0 Å². The summed E-state index contributed by atoms with van der Waals surface area (Å²) in [6.45, 7) is 5.94. The SMILES string of the molecule is CCc1ccccc1Nc1ccc(NC(=O)NC(C)C)nc1. The van der Waals surface area contributed by atoms with E-state index in [2.05, 4.69) is 33.9 Å². The largest absolute Gasteiger partial charge is 0.354 e. The number of nitrogens with one attached hydrogen (secondary N) is 3. The molecule has 1 aromatic heterocycles. The van der Waals surface area contributed by atoms with Crippen LogP contribution in [0.1, 0.15) is 26.3 Å². The summed E-state index contributed by atoms with van der Waals surface area (Å²) in [7, 11) is 0. The molecule has 0 aliphatic carbocycles. The number of nitrogens with zero attached hydrogens (tertiary/aromatic N) is 1. The van der Waals surface area contributed by atoms with E-state index in [1.54, 1.807) is 12.3 Å². The molecule has 22 heavy (non-hydrogen) atoms. The number of anilines is 3. The Kier molecular flexibility index (Phi) is 5.36. The number of aromatic nitrogens is 1. The molecule has 0 radical (unpaired) electrons. The Balaban J connectivity index is 2.01. The molecule has 3 N–H and O–H groups in total. The molecule has 0 saturated carbocycles. The van der Waals surface area contributed by atoms with Crippen LogP contribution in [0.3, 0.4) is 0 Å². The van der Waals surface area contributed by atoms with E-state index in [0.29, 0.717) is 5.82 Å². The van der Waals surface area contributed by atoms with Gasteiger partial charge in [-0.25, -0.2) is 9.78 Å². The van der Waals surface area contributed by atoms with Crippen LogP contribution < -0.4 is 16.0 Å². The number of hydrogen-bond acceptors (Lipinski definition) is 3. The number of aryl methyl sites for hydroxylation is 1. The first-order valence-corrected chi connectivity index (χ1v) is 7.47. The molecule has 2 aromatic rings. The number of benzene rings is 1. The minimum Gasteiger partial charge on any atom is -0.354 e. The van der Waals surface area contributed by atoms with Crippen LogP contribution in [0, 0.1) is 0 Å². The van der Waals surface area contributed by atoms with Gasteiger partial charge in [-0.2, -0.15) is 0 Å². The van der Waals surface area contributed by atoms with Crippen LogP contribution in [0.5, 0.6) is 0 Å². The third-order valence-electron chi connectivity index (χ3n) is 3.10. The maximum atomic E-state index is 11.6. The smallest absolute Gasteiger partial charge is 0.320 e. The fourth-order valence-electron chi connectivity index (χ4n) is 2.06. The molecule has 2 rings (SSSR count). The number of pyridine rings is 1. The molecule has 1 aromatic carbocycles. The van der Waals surface area contributed by atoms with Crippen molar-refractivity contribution >= 4 is 23.2 Å². The van der Waals surface area contributed by atoms with Gasteiger partial charge in [0.1, 0.15) is 5.82 Å². The highest BCUT2D eigenvalue weighted by molar-refractivity contribution is 5.88. The summed E-state index contributed by atoms with van der Waals surface area (Å²) in [5.41, 5.74) is 3.21. The van der Waals surface area contributed by atoms with E-state index in [1.165, 1.54) is 5.56 Å². The number of hydrogen-bond donors (Lipinski definition) is 3. The molecular weight excluding hydrogens is 276 g/mol. The second kappa shape index (κ2) is 7.45. The molecule has 0 saturated heterocycles. The van der Waals surface area contributed by atoms with Crippen molar-refractivity contribution in [3.05, 3.63) is 48.2 Å². The lowest BCUT2D eigenvalue weighted by atomic mass is 10.1.